The van der Waals surface area contributed by atoms with Crippen LogP contribution in [0.3, 0.4) is 0 Å². The summed E-state index contributed by atoms with van der Waals surface area (Å²) in [6, 6.07) is 4.33. The fourth-order valence-corrected chi connectivity index (χ4v) is 1.73. The molecule has 2 N–H and O–H groups in total. The molecule has 0 radical (unpaired) electrons. The maximum absolute atomic E-state index is 13.0. The Morgan fingerprint density at radius 2 is 2.06 bits per heavy atom. The van der Waals surface area contributed by atoms with Crippen molar-refractivity contribution in [3.63, 3.8) is 0 Å². The Bertz CT molecular complexity index is 711. The van der Waals surface area contributed by atoms with Gasteiger partial charge in [-0.3, -0.25) is 5.10 Å². The summed E-state index contributed by atoms with van der Waals surface area (Å²) in [7, 11) is 0. The molecule has 0 saturated heterocycles. The number of aromatic nitrogens is 4. The minimum absolute atomic E-state index is 0.0472. The lowest BCUT2D eigenvalue weighted by atomic mass is 10.3. The van der Waals surface area contributed by atoms with Gasteiger partial charge in [0.1, 0.15) is 5.82 Å². The molecule has 2 heterocycles. The summed E-state index contributed by atoms with van der Waals surface area (Å²) in [5, 5.41) is 9.83. The second-order valence-electron chi connectivity index (χ2n) is 3.58. The number of nitrogens with zero attached hydrogens (tertiary/aromatic N) is 3. The number of H-pyrrole nitrogens is 1. The molecule has 0 fully saturated rings. The van der Waals surface area contributed by atoms with Gasteiger partial charge < -0.3 is 5.32 Å². The number of fused-ring (bicyclic) bond motifs is 1. The van der Waals surface area contributed by atoms with Crippen molar-refractivity contribution in [2.24, 2.45) is 0 Å². The molecule has 2 aromatic heterocycles. The van der Waals surface area contributed by atoms with Crippen LogP contribution in [0.2, 0.25) is 5.02 Å². The van der Waals surface area contributed by atoms with Gasteiger partial charge >= 0.3 is 0 Å². The Hall–Kier alpha value is -2.21. The van der Waals surface area contributed by atoms with E-state index in [0.717, 1.165) is 0 Å². The number of benzene rings is 1. The molecule has 18 heavy (non-hydrogen) atoms. The predicted octanol–water partition coefficient (Wildman–Crippen LogP) is 2.89. The first kappa shape index (κ1) is 10.9. The van der Waals surface area contributed by atoms with Crippen molar-refractivity contribution in [1.29, 1.82) is 0 Å². The fraction of sp³-hybridized carbons (Fsp3) is 0. The number of hydrogen-bond acceptors (Lipinski definition) is 4. The van der Waals surface area contributed by atoms with E-state index in [1.165, 1.54) is 12.1 Å². The topological polar surface area (TPSA) is 66.5 Å². The van der Waals surface area contributed by atoms with Gasteiger partial charge in [-0.2, -0.15) is 5.10 Å². The summed E-state index contributed by atoms with van der Waals surface area (Å²) >= 11 is 5.70. The minimum atomic E-state index is -0.464. The van der Waals surface area contributed by atoms with Gasteiger partial charge in [-0.1, -0.05) is 11.6 Å². The van der Waals surface area contributed by atoms with E-state index in [1.807, 2.05) is 0 Å². The normalized spacial score (nSPS) is 10.8. The molecule has 3 rings (SSSR count). The maximum atomic E-state index is 13.0. The molecule has 3 aromatic rings. The first-order chi connectivity index (χ1) is 8.74. The van der Waals surface area contributed by atoms with E-state index in [-0.39, 0.29) is 5.02 Å². The van der Waals surface area contributed by atoms with Gasteiger partial charge in [0.2, 0.25) is 0 Å². The second kappa shape index (κ2) is 4.23. The third kappa shape index (κ3) is 1.86. The number of rotatable bonds is 2. The van der Waals surface area contributed by atoms with Crippen LogP contribution in [0, 0.1) is 5.82 Å². The Morgan fingerprint density at radius 1 is 1.22 bits per heavy atom. The van der Waals surface area contributed by atoms with Crippen molar-refractivity contribution >= 4 is 34.3 Å². The van der Waals surface area contributed by atoms with Gasteiger partial charge in [-0.15, -0.1) is 0 Å². The lowest BCUT2D eigenvalue weighted by molar-refractivity contribution is 0.628. The zero-order chi connectivity index (χ0) is 12.5. The SMILES string of the molecule is Fc1ccc(Nc2n[nH]c3nccnc23)cc1Cl. The van der Waals surface area contributed by atoms with Gasteiger partial charge in [0.25, 0.3) is 0 Å². The quantitative estimate of drug-likeness (QED) is 0.746. The number of hydrogen-bond donors (Lipinski definition) is 2. The summed E-state index contributed by atoms with van der Waals surface area (Å²) in [5.41, 5.74) is 1.81. The summed E-state index contributed by atoms with van der Waals surface area (Å²) in [6.07, 6.45) is 3.14. The average Bonchev–Trinajstić information content (AvgIpc) is 2.78. The van der Waals surface area contributed by atoms with E-state index in [9.17, 15) is 4.39 Å². The zero-order valence-corrected chi connectivity index (χ0v) is 9.74. The molecule has 7 heteroatoms. The Balaban J connectivity index is 1.98. The number of anilines is 2. The summed E-state index contributed by atoms with van der Waals surface area (Å²) < 4.78 is 13.0. The highest BCUT2D eigenvalue weighted by atomic mass is 35.5. The predicted molar refractivity (Wildman–Crippen MR) is 66.4 cm³/mol. The summed E-state index contributed by atoms with van der Waals surface area (Å²) in [6.45, 7) is 0. The van der Waals surface area contributed by atoms with Crippen molar-refractivity contribution < 1.29 is 4.39 Å². The highest BCUT2D eigenvalue weighted by Crippen LogP contribution is 2.24. The second-order valence-corrected chi connectivity index (χ2v) is 3.99. The van der Waals surface area contributed by atoms with Crippen LogP contribution in [0.15, 0.2) is 30.6 Å². The molecule has 0 unspecified atom stereocenters. The minimum Gasteiger partial charge on any atom is -0.337 e. The van der Waals surface area contributed by atoms with E-state index in [4.69, 9.17) is 11.6 Å². The van der Waals surface area contributed by atoms with Crippen LogP contribution in [0.4, 0.5) is 15.9 Å². The molecule has 0 bridgehead atoms. The summed E-state index contributed by atoms with van der Waals surface area (Å²) in [4.78, 5) is 8.22. The molecule has 0 aliphatic rings. The maximum Gasteiger partial charge on any atom is 0.180 e. The molecule has 0 aliphatic heterocycles. The van der Waals surface area contributed by atoms with Crippen molar-refractivity contribution in [1.82, 2.24) is 20.2 Å². The Kier molecular flexibility index (Phi) is 2.56. The van der Waals surface area contributed by atoms with Crippen molar-refractivity contribution in [2.75, 3.05) is 5.32 Å². The van der Waals surface area contributed by atoms with E-state index in [2.05, 4.69) is 25.5 Å². The van der Waals surface area contributed by atoms with Crippen LogP contribution in [0.5, 0.6) is 0 Å². The lowest BCUT2D eigenvalue weighted by Crippen LogP contribution is -1.92. The third-order valence-electron chi connectivity index (χ3n) is 2.38. The largest absolute Gasteiger partial charge is 0.337 e. The van der Waals surface area contributed by atoms with Crippen LogP contribution in [-0.4, -0.2) is 20.2 Å². The molecule has 0 spiro atoms. The monoisotopic (exact) mass is 263 g/mol. The molecule has 90 valence electrons. The standard InChI is InChI=1S/C11H7ClFN5/c12-7-5-6(1-2-8(7)13)16-11-9-10(17-18-11)15-4-3-14-9/h1-5H,(H2,15,16,17,18). The van der Waals surface area contributed by atoms with Crippen LogP contribution < -0.4 is 5.32 Å². The molecule has 0 amide bonds. The van der Waals surface area contributed by atoms with Crippen LogP contribution in [0.1, 0.15) is 0 Å². The first-order valence-corrected chi connectivity index (χ1v) is 5.49. The highest BCUT2D eigenvalue weighted by molar-refractivity contribution is 6.31. The highest BCUT2D eigenvalue weighted by Gasteiger charge is 2.08. The van der Waals surface area contributed by atoms with Crippen molar-refractivity contribution in [3.8, 4) is 0 Å². The van der Waals surface area contributed by atoms with Gasteiger partial charge in [0, 0.05) is 18.1 Å². The van der Waals surface area contributed by atoms with Gasteiger partial charge in [-0.25, -0.2) is 14.4 Å². The van der Waals surface area contributed by atoms with E-state index in [1.54, 1.807) is 18.5 Å². The lowest BCUT2D eigenvalue weighted by Gasteiger charge is -2.03. The van der Waals surface area contributed by atoms with E-state index >= 15 is 0 Å². The van der Waals surface area contributed by atoms with Crippen molar-refractivity contribution in [3.05, 3.63) is 41.4 Å². The first-order valence-electron chi connectivity index (χ1n) is 5.11. The Labute approximate surface area is 106 Å². The Morgan fingerprint density at radius 3 is 2.89 bits per heavy atom. The fourth-order valence-electron chi connectivity index (χ4n) is 1.55. The molecule has 0 aliphatic carbocycles. The van der Waals surface area contributed by atoms with Gasteiger partial charge in [0.15, 0.2) is 17.0 Å². The molecule has 1 aromatic carbocycles. The van der Waals surface area contributed by atoms with Crippen LogP contribution >= 0.6 is 11.6 Å². The van der Waals surface area contributed by atoms with Crippen LogP contribution in [-0.2, 0) is 0 Å². The molecule has 0 saturated carbocycles. The van der Waals surface area contributed by atoms with Gasteiger partial charge in [-0.05, 0) is 18.2 Å². The van der Waals surface area contributed by atoms with Crippen molar-refractivity contribution in [2.45, 2.75) is 0 Å². The number of nitrogens with one attached hydrogen (secondary N) is 2. The zero-order valence-electron chi connectivity index (χ0n) is 8.98. The van der Waals surface area contributed by atoms with E-state index < -0.39 is 5.82 Å². The molecular formula is C11H7ClFN5. The average molecular weight is 264 g/mol. The van der Waals surface area contributed by atoms with Crippen LogP contribution in [0.25, 0.3) is 11.2 Å². The molecule has 0 atom stereocenters. The third-order valence-corrected chi connectivity index (χ3v) is 2.67. The van der Waals surface area contributed by atoms with Gasteiger partial charge in [0.05, 0.1) is 5.02 Å². The number of halogens is 2. The molecule has 5 nitrogen and oxygen atoms in total. The number of aromatic amines is 1. The smallest absolute Gasteiger partial charge is 0.180 e. The summed E-state index contributed by atoms with van der Waals surface area (Å²) in [5.74, 6) is 0.0506. The van der Waals surface area contributed by atoms with E-state index in [0.29, 0.717) is 22.7 Å². The molecular weight excluding hydrogens is 257 g/mol.